The van der Waals surface area contributed by atoms with Crippen LogP contribution >= 0.6 is 0 Å². The Kier molecular flexibility index (Phi) is 7.29. The van der Waals surface area contributed by atoms with Crippen molar-refractivity contribution in [1.82, 2.24) is 10.2 Å². The van der Waals surface area contributed by atoms with Gasteiger partial charge < -0.3 is 10.2 Å². The minimum Gasteiger partial charge on any atom is -0.391 e. The zero-order valence-electron chi connectivity index (χ0n) is 17.5. The number of benzene rings is 1. The van der Waals surface area contributed by atoms with Crippen LogP contribution in [0.2, 0.25) is 0 Å². The molecule has 0 aromatic heterocycles. The lowest BCUT2D eigenvalue weighted by molar-refractivity contribution is 0.326. The molecule has 0 aliphatic carbocycles. The van der Waals surface area contributed by atoms with E-state index in [2.05, 4.69) is 68.1 Å². The van der Waals surface area contributed by atoms with Gasteiger partial charge in [-0.1, -0.05) is 44.0 Å². The van der Waals surface area contributed by atoms with Gasteiger partial charge in [-0.2, -0.15) is 0 Å². The zero-order chi connectivity index (χ0) is 20.0. The van der Waals surface area contributed by atoms with Gasteiger partial charge in [-0.15, -0.1) is 0 Å². The highest BCUT2D eigenvalue weighted by Crippen LogP contribution is 2.27. The van der Waals surface area contributed by atoms with Crippen molar-refractivity contribution in [1.29, 1.82) is 0 Å². The van der Waals surface area contributed by atoms with E-state index in [9.17, 15) is 0 Å². The topological polar surface area (TPSA) is 15.3 Å². The molecule has 2 heteroatoms. The van der Waals surface area contributed by atoms with Gasteiger partial charge in [-0.25, -0.2) is 0 Å². The van der Waals surface area contributed by atoms with Crippen LogP contribution in [-0.4, -0.2) is 25.0 Å². The summed E-state index contributed by atoms with van der Waals surface area (Å²) in [4.78, 5) is 2.42. The average Bonchev–Trinajstić information content (AvgIpc) is 2.69. The molecular formula is C25H34N2. The van der Waals surface area contributed by atoms with Gasteiger partial charge >= 0.3 is 0 Å². The lowest BCUT2D eigenvalue weighted by atomic mass is 9.95. The summed E-state index contributed by atoms with van der Waals surface area (Å²) < 4.78 is 0. The van der Waals surface area contributed by atoms with Crippen LogP contribution in [0, 0.1) is 6.92 Å². The van der Waals surface area contributed by atoms with Crippen LogP contribution < -0.4 is 5.32 Å². The number of likely N-dealkylation sites (tertiary alicyclic amines) is 1. The van der Waals surface area contributed by atoms with Gasteiger partial charge in [0.15, 0.2) is 0 Å². The molecule has 1 saturated heterocycles. The lowest BCUT2D eigenvalue weighted by Gasteiger charge is -2.30. The van der Waals surface area contributed by atoms with Gasteiger partial charge in [-0.3, -0.25) is 0 Å². The zero-order valence-corrected chi connectivity index (χ0v) is 17.5. The molecule has 27 heavy (non-hydrogen) atoms. The number of hydrogen-bond donors (Lipinski definition) is 1. The third-order valence-electron chi connectivity index (χ3n) is 5.51. The number of aryl methyl sites for hydroxylation is 1. The van der Waals surface area contributed by atoms with Crippen LogP contribution in [0.3, 0.4) is 0 Å². The molecule has 0 amide bonds. The molecule has 1 aromatic carbocycles. The van der Waals surface area contributed by atoms with E-state index in [1.807, 2.05) is 20.0 Å². The number of hydrogen-bond acceptors (Lipinski definition) is 2. The molecule has 0 bridgehead atoms. The van der Waals surface area contributed by atoms with Crippen molar-refractivity contribution in [2.75, 3.05) is 20.1 Å². The van der Waals surface area contributed by atoms with Crippen molar-refractivity contribution in [3.8, 4) is 0 Å². The highest BCUT2D eigenvalue weighted by atomic mass is 15.1. The molecule has 144 valence electrons. The molecule has 0 spiro atoms. The van der Waals surface area contributed by atoms with E-state index in [-0.39, 0.29) is 0 Å². The van der Waals surface area contributed by atoms with Crippen LogP contribution in [-0.2, 0) is 0 Å². The molecule has 1 fully saturated rings. The SMILES string of the molecule is C=C/C(C(=C)/C(C)=C/c1cc(C(=C)N2CCCCC2)ccc1C)=C(\C)NC. The predicted octanol–water partition coefficient (Wildman–Crippen LogP) is 6.09. The van der Waals surface area contributed by atoms with E-state index in [4.69, 9.17) is 0 Å². The molecule has 2 rings (SSSR count). The molecule has 0 unspecified atom stereocenters. The quantitative estimate of drug-likeness (QED) is 0.590. The first kappa shape index (κ1) is 20.8. The van der Waals surface area contributed by atoms with Gasteiger partial charge in [-0.05, 0) is 79.5 Å². The Morgan fingerprint density at radius 3 is 2.37 bits per heavy atom. The van der Waals surface area contributed by atoms with Crippen LogP contribution in [0.1, 0.15) is 49.8 Å². The van der Waals surface area contributed by atoms with E-state index >= 15 is 0 Å². The number of rotatable bonds is 7. The molecule has 2 nitrogen and oxygen atoms in total. The van der Waals surface area contributed by atoms with Gasteiger partial charge in [0.1, 0.15) is 0 Å². The summed E-state index contributed by atoms with van der Waals surface area (Å²) in [6, 6.07) is 6.63. The highest BCUT2D eigenvalue weighted by molar-refractivity contribution is 5.70. The standard InChI is InChI=1S/C25H34N2/c1-8-25(21(5)26-7)20(4)19(3)16-24-17-23(13-12-18(24)2)22(6)27-14-10-9-11-15-27/h8,12-13,16-17,26H,1,4,6,9-11,14-15H2,2-3,5,7H3/b19-16+,25-21-. The molecule has 1 heterocycles. The lowest BCUT2D eigenvalue weighted by Crippen LogP contribution is -2.27. The summed E-state index contributed by atoms with van der Waals surface area (Å²) in [5.74, 6) is 0. The maximum absolute atomic E-state index is 4.37. The Bertz CT molecular complexity index is 787. The number of nitrogens with one attached hydrogen (secondary N) is 1. The normalized spacial score (nSPS) is 15.9. The summed E-state index contributed by atoms with van der Waals surface area (Å²) in [5.41, 5.74) is 9.09. The molecule has 1 aliphatic rings. The van der Waals surface area contributed by atoms with Crippen LogP contribution in [0.25, 0.3) is 11.8 Å². The van der Waals surface area contributed by atoms with E-state index in [0.29, 0.717) is 0 Å². The molecule has 0 saturated carbocycles. The minimum atomic E-state index is 0.997. The fourth-order valence-electron chi connectivity index (χ4n) is 3.49. The Hall–Kier alpha value is -2.48. The first-order valence-corrected chi connectivity index (χ1v) is 9.83. The van der Waals surface area contributed by atoms with Gasteiger partial charge in [0, 0.05) is 31.5 Å². The van der Waals surface area contributed by atoms with Crippen molar-refractivity contribution in [2.45, 2.75) is 40.0 Å². The first-order chi connectivity index (χ1) is 12.9. The Morgan fingerprint density at radius 1 is 1.11 bits per heavy atom. The van der Waals surface area contributed by atoms with Crippen molar-refractivity contribution < 1.29 is 0 Å². The van der Waals surface area contributed by atoms with Crippen molar-refractivity contribution >= 4 is 11.8 Å². The second-order valence-electron chi connectivity index (χ2n) is 7.36. The second kappa shape index (κ2) is 9.45. The van der Waals surface area contributed by atoms with E-state index in [0.717, 1.165) is 41.2 Å². The third-order valence-corrected chi connectivity index (χ3v) is 5.51. The van der Waals surface area contributed by atoms with Crippen LogP contribution in [0.5, 0.6) is 0 Å². The number of allylic oxidation sites excluding steroid dienone is 5. The van der Waals surface area contributed by atoms with E-state index < -0.39 is 0 Å². The van der Waals surface area contributed by atoms with Gasteiger partial charge in [0.05, 0.1) is 0 Å². The van der Waals surface area contributed by atoms with Crippen molar-refractivity contribution in [2.24, 2.45) is 0 Å². The summed E-state index contributed by atoms with van der Waals surface area (Å²) in [5, 5.41) is 3.19. The van der Waals surface area contributed by atoms with Crippen LogP contribution in [0.15, 0.2) is 66.4 Å². The maximum atomic E-state index is 4.37. The summed E-state index contributed by atoms with van der Waals surface area (Å²) in [6.45, 7) is 21.1. The van der Waals surface area contributed by atoms with Gasteiger partial charge in [0.25, 0.3) is 0 Å². The molecule has 1 N–H and O–H groups in total. The summed E-state index contributed by atoms with van der Waals surface area (Å²) >= 11 is 0. The van der Waals surface area contributed by atoms with Crippen LogP contribution in [0.4, 0.5) is 0 Å². The van der Waals surface area contributed by atoms with Gasteiger partial charge in [0.2, 0.25) is 0 Å². The summed E-state index contributed by atoms with van der Waals surface area (Å²) in [7, 11) is 1.92. The summed E-state index contributed by atoms with van der Waals surface area (Å²) in [6.07, 6.45) is 7.94. The van der Waals surface area contributed by atoms with Crippen molar-refractivity contribution in [3.05, 3.63) is 83.1 Å². The monoisotopic (exact) mass is 362 g/mol. The Balaban J connectivity index is 2.32. The smallest absolute Gasteiger partial charge is 0.0367 e. The highest BCUT2D eigenvalue weighted by Gasteiger charge is 2.14. The average molecular weight is 363 g/mol. The molecule has 0 atom stereocenters. The van der Waals surface area contributed by atoms with E-state index in [1.165, 1.54) is 36.0 Å². The first-order valence-electron chi connectivity index (χ1n) is 9.83. The number of nitrogens with zero attached hydrogens (tertiary/aromatic N) is 1. The predicted molar refractivity (Wildman–Crippen MR) is 120 cm³/mol. The Morgan fingerprint density at radius 2 is 1.78 bits per heavy atom. The largest absolute Gasteiger partial charge is 0.391 e. The number of piperidine rings is 1. The van der Waals surface area contributed by atoms with E-state index in [1.54, 1.807) is 0 Å². The molecule has 0 radical (unpaired) electrons. The maximum Gasteiger partial charge on any atom is 0.0367 e. The van der Waals surface area contributed by atoms with Crippen molar-refractivity contribution in [3.63, 3.8) is 0 Å². The third kappa shape index (κ3) is 5.03. The Labute approximate surface area is 165 Å². The fraction of sp³-hybridized carbons (Fsp3) is 0.360. The molecule has 1 aromatic rings. The fourth-order valence-corrected chi connectivity index (χ4v) is 3.49. The molecular weight excluding hydrogens is 328 g/mol. The second-order valence-corrected chi connectivity index (χ2v) is 7.36. The molecule has 1 aliphatic heterocycles. The minimum absolute atomic E-state index is 0.997.